The quantitative estimate of drug-likeness (QED) is 0.252. The molecule has 26 heavy (non-hydrogen) atoms. The molecule has 0 aliphatic rings. The summed E-state index contributed by atoms with van der Waals surface area (Å²) < 4.78 is 0. The number of nitrogens with one attached hydrogen (secondary N) is 2. The van der Waals surface area contributed by atoms with Crippen LogP contribution in [-0.4, -0.2) is 73.7 Å². The summed E-state index contributed by atoms with van der Waals surface area (Å²) in [6, 6.07) is 0. The number of aliphatic carboxylic acids is 1. The first-order chi connectivity index (χ1) is 12.4. The van der Waals surface area contributed by atoms with Crippen molar-refractivity contribution in [3.63, 3.8) is 0 Å². The van der Waals surface area contributed by atoms with Gasteiger partial charge >= 0.3 is 5.97 Å². The summed E-state index contributed by atoms with van der Waals surface area (Å²) in [5, 5.41) is 22.8. The number of aliphatic hydroxyl groups excluding tert-OH is 1. The minimum absolute atomic E-state index is 0.00150. The van der Waals surface area contributed by atoms with Crippen molar-refractivity contribution in [1.29, 1.82) is 0 Å². The van der Waals surface area contributed by atoms with Crippen molar-refractivity contribution in [2.24, 2.45) is 15.9 Å². The maximum atomic E-state index is 12.3. The Hall–Kier alpha value is -2.29. The van der Waals surface area contributed by atoms with Crippen LogP contribution in [0.4, 0.5) is 0 Å². The van der Waals surface area contributed by atoms with E-state index in [1.54, 1.807) is 20.3 Å². The van der Waals surface area contributed by atoms with E-state index in [9.17, 15) is 14.4 Å². The molecule has 9 nitrogen and oxygen atoms in total. The summed E-state index contributed by atoms with van der Waals surface area (Å²) in [5.74, 6) is -1.71. The Bertz CT molecular complexity index is 505. The topological polar surface area (TPSA) is 140 Å². The van der Waals surface area contributed by atoms with Gasteiger partial charge in [0.25, 0.3) is 0 Å². The lowest BCUT2D eigenvalue weighted by Gasteiger charge is -2.17. The highest BCUT2D eigenvalue weighted by molar-refractivity contribution is 6.31. The van der Waals surface area contributed by atoms with Gasteiger partial charge in [0.1, 0.15) is 0 Å². The largest absolute Gasteiger partial charge is 0.481 e. The third-order valence-electron chi connectivity index (χ3n) is 3.64. The van der Waals surface area contributed by atoms with Gasteiger partial charge in [0, 0.05) is 65.2 Å². The van der Waals surface area contributed by atoms with E-state index in [0.717, 1.165) is 0 Å². The van der Waals surface area contributed by atoms with Gasteiger partial charge in [-0.25, -0.2) is 0 Å². The minimum atomic E-state index is -0.929. The molecule has 0 aromatic heterocycles. The highest BCUT2D eigenvalue weighted by Gasteiger charge is 2.20. The minimum Gasteiger partial charge on any atom is -0.481 e. The first kappa shape index (κ1) is 23.7. The van der Waals surface area contributed by atoms with E-state index in [0.29, 0.717) is 38.1 Å². The van der Waals surface area contributed by atoms with Crippen LogP contribution in [0.2, 0.25) is 0 Å². The number of carboxylic acids is 1. The lowest BCUT2D eigenvalue weighted by atomic mass is 9.97. The molecule has 1 atom stereocenters. The van der Waals surface area contributed by atoms with Crippen molar-refractivity contribution in [3.8, 4) is 0 Å². The molecular weight excluding hydrogens is 340 g/mol. The second-order valence-corrected chi connectivity index (χ2v) is 5.76. The zero-order chi connectivity index (χ0) is 19.8. The molecule has 9 heteroatoms. The van der Waals surface area contributed by atoms with Crippen LogP contribution in [-0.2, 0) is 14.4 Å². The number of aliphatic hydroxyl groups is 1. The normalized spacial score (nSPS) is 12.8. The second-order valence-electron chi connectivity index (χ2n) is 5.76. The molecule has 2 amide bonds. The van der Waals surface area contributed by atoms with Gasteiger partial charge in [-0.3, -0.25) is 24.4 Å². The standard InChI is InChI=1S/C17H30N4O5/c1-18-12-14(19-2)11-13(17(26)21-8-4-10-22)7-9-20-15(23)5-3-6-16(24)25/h12-13,22H,3-11H2,1-2H3,(H,20,23)(H,21,26)(H,24,25). The van der Waals surface area contributed by atoms with E-state index in [1.807, 2.05) is 0 Å². The average molecular weight is 370 g/mol. The molecular formula is C17H30N4O5. The zero-order valence-corrected chi connectivity index (χ0v) is 15.5. The predicted octanol–water partition coefficient (Wildman–Crippen LogP) is 0.0239. The molecule has 0 bridgehead atoms. The van der Waals surface area contributed by atoms with E-state index >= 15 is 0 Å². The number of hydrogen-bond donors (Lipinski definition) is 4. The third-order valence-corrected chi connectivity index (χ3v) is 3.64. The van der Waals surface area contributed by atoms with Crippen LogP contribution in [0.1, 0.15) is 38.5 Å². The number of nitrogens with zero attached hydrogens (tertiary/aromatic N) is 2. The molecule has 0 aliphatic heterocycles. The smallest absolute Gasteiger partial charge is 0.303 e. The maximum Gasteiger partial charge on any atom is 0.303 e. The lowest BCUT2D eigenvalue weighted by molar-refractivity contribution is -0.137. The van der Waals surface area contributed by atoms with Crippen molar-refractivity contribution in [3.05, 3.63) is 0 Å². The van der Waals surface area contributed by atoms with E-state index in [4.69, 9.17) is 10.2 Å². The molecule has 0 saturated heterocycles. The van der Waals surface area contributed by atoms with Gasteiger partial charge in [-0.2, -0.15) is 0 Å². The first-order valence-corrected chi connectivity index (χ1v) is 8.69. The fourth-order valence-electron chi connectivity index (χ4n) is 2.24. The Kier molecular flexibility index (Phi) is 13.7. The predicted molar refractivity (Wildman–Crippen MR) is 99.7 cm³/mol. The molecule has 0 aromatic carbocycles. The van der Waals surface area contributed by atoms with Gasteiger partial charge in [0.15, 0.2) is 0 Å². The molecule has 0 aromatic rings. The van der Waals surface area contributed by atoms with Gasteiger partial charge in [-0.15, -0.1) is 0 Å². The van der Waals surface area contributed by atoms with Crippen LogP contribution in [0.3, 0.4) is 0 Å². The number of rotatable bonds is 14. The Labute approximate surface area is 154 Å². The molecule has 1 unspecified atom stereocenters. The Balaban J connectivity index is 4.52. The summed E-state index contributed by atoms with van der Waals surface area (Å²) in [6.45, 7) is 0.694. The van der Waals surface area contributed by atoms with Crippen molar-refractivity contribution in [2.75, 3.05) is 33.8 Å². The summed E-state index contributed by atoms with van der Waals surface area (Å²) in [7, 11) is 3.25. The number of carbonyl (C=O) groups excluding carboxylic acids is 2. The summed E-state index contributed by atoms with van der Waals surface area (Å²) in [6.07, 6.45) is 3.27. The molecule has 0 aliphatic carbocycles. The molecule has 0 fully saturated rings. The Morgan fingerprint density at radius 2 is 1.81 bits per heavy atom. The molecule has 0 spiro atoms. The monoisotopic (exact) mass is 370 g/mol. The number of amides is 2. The summed E-state index contributed by atoms with van der Waals surface area (Å²) in [4.78, 5) is 42.5. The molecule has 0 heterocycles. The SMILES string of the molecule is CN=CC(CC(CCNC(=O)CCCC(=O)O)C(=O)NCCCO)=NC. The highest BCUT2D eigenvalue weighted by Crippen LogP contribution is 2.10. The fourth-order valence-corrected chi connectivity index (χ4v) is 2.24. The molecule has 148 valence electrons. The molecule has 4 N–H and O–H groups in total. The van der Waals surface area contributed by atoms with Gasteiger partial charge in [0.05, 0.1) is 5.71 Å². The number of carboxylic acid groups (broad SMARTS) is 1. The van der Waals surface area contributed by atoms with Gasteiger partial charge in [-0.05, 0) is 19.3 Å². The van der Waals surface area contributed by atoms with E-state index < -0.39 is 5.97 Å². The molecule has 0 rings (SSSR count). The van der Waals surface area contributed by atoms with Crippen molar-refractivity contribution < 1.29 is 24.6 Å². The summed E-state index contributed by atoms with van der Waals surface area (Å²) in [5.41, 5.74) is 0.683. The van der Waals surface area contributed by atoms with Crippen molar-refractivity contribution in [1.82, 2.24) is 10.6 Å². The number of aliphatic imine (C=N–C) groups is 2. The van der Waals surface area contributed by atoms with E-state index in [1.165, 1.54) is 0 Å². The maximum absolute atomic E-state index is 12.3. The summed E-state index contributed by atoms with van der Waals surface area (Å²) >= 11 is 0. The Morgan fingerprint density at radius 3 is 2.38 bits per heavy atom. The van der Waals surface area contributed by atoms with Crippen molar-refractivity contribution >= 4 is 29.7 Å². The second kappa shape index (κ2) is 15.0. The van der Waals surface area contributed by atoms with Crippen LogP contribution in [0.5, 0.6) is 0 Å². The zero-order valence-electron chi connectivity index (χ0n) is 15.5. The van der Waals surface area contributed by atoms with Crippen LogP contribution in [0, 0.1) is 5.92 Å². The number of carbonyl (C=O) groups is 3. The average Bonchev–Trinajstić information content (AvgIpc) is 2.59. The Morgan fingerprint density at radius 1 is 1.08 bits per heavy atom. The van der Waals surface area contributed by atoms with E-state index in [2.05, 4.69) is 20.6 Å². The van der Waals surface area contributed by atoms with Crippen molar-refractivity contribution in [2.45, 2.75) is 38.5 Å². The highest BCUT2D eigenvalue weighted by atomic mass is 16.4. The van der Waals surface area contributed by atoms with Gasteiger partial charge < -0.3 is 20.8 Å². The first-order valence-electron chi connectivity index (χ1n) is 8.69. The van der Waals surface area contributed by atoms with Gasteiger partial charge in [0.2, 0.25) is 11.8 Å². The van der Waals surface area contributed by atoms with Crippen LogP contribution >= 0.6 is 0 Å². The molecule has 0 radical (unpaired) electrons. The van der Waals surface area contributed by atoms with E-state index in [-0.39, 0.29) is 43.6 Å². The van der Waals surface area contributed by atoms with Crippen LogP contribution < -0.4 is 10.6 Å². The van der Waals surface area contributed by atoms with Crippen LogP contribution in [0.25, 0.3) is 0 Å². The lowest BCUT2D eigenvalue weighted by Crippen LogP contribution is -2.36. The third kappa shape index (κ3) is 12.1. The number of hydrogen-bond acceptors (Lipinski definition) is 6. The fraction of sp³-hybridized carbons (Fsp3) is 0.706. The molecule has 0 saturated carbocycles. The van der Waals surface area contributed by atoms with Crippen LogP contribution in [0.15, 0.2) is 9.98 Å². The van der Waals surface area contributed by atoms with Gasteiger partial charge in [-0.1, -0.05) is 0 Å².